The predicted molar refractivity (Wildman–Crippen MR) is 67.2 cm³/mol. The number of rotatable bonds is 2. The molecule has 0 saturated carbocycles. The van der Waals surface area contributed by atoms with Gasteiger partial charge in [0, 0.05) is 23.4 Å². The van der Waals surface area contributed by atoms with Gasteiger partial charge in [0.05, 0.1) is 0 Å². The lowest BCUT2D eigenvalue weighted by Crippen LogP contribution is -2.20. The van der Waals surface area contributed by atoms with Gasteiger partial charge in [0.15, 0.2) is 0 Å². The number of alkyl halides is 1. The summed E-state index contributed by atoms with van der Waals surface area (Å²) in [5.41, 5.74) is 2.48. The molecular formula is C12H11BrN2O. The van der Waals surface area contributed by atoms with E-state index in [2.05, 4.69) is 20.9 Å². The average molecular weight is 279 g/mol. The number of halogens is 1. The summed E-state index contributed by atoms with van der Waals surface area (Å²) in [6, 6.07) is 7.84. The van der Waals surface area contributed by atoms with Crippen molar-refractivity contribution < 1.29 is 0 Å². The van der Waals surface area contributed by atoms with Crippen molar-refractivity contribution >= 4 is 15.9 Å². The fourth-order valence-corrected chi connectivity index (χ4v) is 1.83. The molecule has 4 heteroatoms. The molecule has 1 aromatic carbocycles. The van der Waals surface area contributed by atoms with E-state index in [-0.39, 0.29) is 5.56 Å². The van der Waals surface area contributed by atoms with Crippen LogP contribution in [0.1, 0.15) is 11.3 Å². The van der Waals surface area contributed by atoms with Crippen molar-refractivity contribution in [2.75, 3.05) is 0 Å². The second-order valence-electron chi connectivity index (χ2n) is 3.49. The quantitative estimate of drug-likeness (QED) is 0.791. The van der Waals surface area contributed by atoms with Crippen molar-refractivity contribution in [1.82, 2.24) is 9.55 Å². The second-order valence-corrected chi connectivity index (χ2v) is 4.05. The lowest BCUT2D eigenvalue weighted by molar-refractivity contribution is 0.923. The Morgan fingerprint density at radius 2 is 2.00 bits per heavy atom. The summed E-state index contributed by atoms with van der Waals surface area (Å²) in [4.78, 5) is 15.8. The molecule has 0 spiro atoms. The first-order valence-corrected chi connectivity index (χ1v) is 6.04. The molecule has 0 fully saturated rings. The first-order chi connectivity index (χ1) is 7.72. The van der Waals surface area contributed by atoms with Gasteiger partial charge in [-0.15, -0.1) is 0 Å². The molecule has 0 unspecified atom stereocenters. The van der Waals surface area contributed by atoms with Crippen LogP contribution in [0.25, 0.3) is 5.69 Å². The Bertz CT molecular complexity index is 546. The van der Waals surface area contributed by atoms with E-state index in [4.69, 9.17) is 0 Å². The van der Waals surface area contributed by atoms with Crippen LogP contribution in [-0.2, 0) is 5.33 Å². The molecule has 0 amide bonds. The van der Waals surface area contributed by atoms with Crippen LogP contribution < -0.4 is 5.56 Å². The first kappa shape index (κ1) is 11.1. The highest BCUT2D eigenvalue weighted by Crippen LogP contribution is 2.10. The first-order valence-electron chi connectivity index (χ1n) is 4.92. The number of nitrogens with zero attached hydrogens (tertiary/aromatic N) is 2. The summed E-state index contributed by atoms with van der Waals surface area (Å²) in [5, 5.41) is 0.817. The van der Waals surface area contributed by atoms with Crippen LogP contribution in [0.5, 0.6) is 0 Å². The fourth-order valence-electron chi connectivity index (χ4n) is 1.46. The third kappa shape index (κ3) is 2.07. The Morgan fingerprint density at radius 3 is 2.62 bits per heavy atom. The molecule has 2 rings (SSSR count). The third-order valence-corrected chi connectivity index (χ3v) is 3.03. The molecule has 0 saturated heterocycles. The van der Waals surface area contributed by atoms with Gasteiger partial charge >= 0.3 is 0 Å². The van der Waals surface area contributed by atoms with Gasteiger partial charge in [0.25, 0.3) is 5.56 Å². The highest BCUT2D eigenvalue weighted by molar-refractivity contribution is 9.08. The third-order valence-electron chi connectivity index (χ3n) is 2.38. The van der Waals surface area contributed by atoms with Gasteiger partial charge in [0.2, 0.25) is 0 Å². The lowest BCUT2D eigenvalue weighted by Gasteiger charge is -2.06. The topological polar surface area (TPSA) is 34.9 Å². The minimum Gasteiger partial charge on any atom is -0.281 e. The molecule has 0 aliphatic rings. The smallest absolute Gasteiger partial charge is 0.276 e. The van der Waals surface area contributed by atoms with Crippen LogP contribution in [0, 0.1) is 6.92 Å². The van der Waals surface area contributed by atoms with E-state index in [0.717, 1.165) is 11.0 Å². The zero-order chi connectivity index (χ0) is 11.5. The molecule has 0 atom stereocenters. The fraction of sp³-hybridized carbons (Fsp3) is 0.167. The molecule has 2 aromatic rings. The van der Waals surface area contributed by atoms with Gasteiger partial charge < -0.3 is 0 Å². The van der Waals surface area contributed by atoms with Gasteiger partial charge in [0.1, 0.15) is 5.69 Å². The van der Waals surface area contributed by atoms with E-state index in [1.165, 1.54) is 5.56 Å². The van der Waals surface area contributed by atoms with E-state index in [0.29, 0.717) is 5.69 Å². The Hall–Kier alpha value is -1.42. The van der Waals surface area contributed by atoms with E-state index >= 15 is 0 Å². The largest absolute Gasteiger partial charge is 0.281 e. The Morgan fingerprint density at radius 1 is 1.31 bits per heavy atom. The number of hydrogen-bond acceptors (Lipinski definition) is 2. The SMILES string of the molecule is Cc1nccn(-c2ccc(CBr)cc2)c1=O. The van der Waals surface area contributed by atoms with E-state index in [1.54, 1.807) is 23.9 Å². The maximum absolute atomic E-state index is 11.8. The van der Waals surface area contributed by atoms with Gasteiger partial charge in [-0.05, 0) is 24.6 Å². The molecule has 0 aliphatic carbocycles. The second kappa shape index (κ2) is 4.61. The monoisotopic (exact) mass is 278 g/mol. The van der Waals surface area contributed by atoms with E-state index in [1.807, 2.05) is 24.3 Å². The van der Waals surface area contributed by atoms with Gasteiger partial charge in [-0.1, -0.05) is 28.1 Å². The average Bonchev–Trinajstić information content (AvgIpc) is 2.33. The minimum absolute atomic E-state index is 0.0749. The highest BCUT2D eigenvalue weighted by atomic mass is 79.9. The van der Waals surface area contributed by atoms with Crippen molar-refractivity contribution in [3.63, 3.8) is 0 Å². The molecule has 0 N–H and O–H groups in total. The van der Waals surface area contributed by atoms with Crippen LogP contribution >= 0.6 is 15.9 Å². The predicted octanol–water partition coefficient (Wildman–Crippen LogP) is 2.44. The van der Waals surface area contributed by atoms with Crippen molar-refractivity contribution in [1.29, 1.82) is 0 Å². The van der Waals surface area contributed by atoms with E-state index < -0.39 is 0 Å². The normalized spacial score (nSPS) is 10.4. The summed E-state index contributed by atoms with van der Waals surface area (Å²) >= 11 is 3.39. The molecule has 1 heterocycles. The standard InChI is InChI=1S/C12H11BrN2O/c1-9-12(16)15(7-6-14-9)11-4-2-10(8-13)3-5-11/h2-7H,8H2,1H3. The van der Waals surface area contributed by atoms with Crippen LogP contribution in [0.15, 0.2) is 41.5 Å². The zero-order valence-corrected chi connectivity index (χ0v) is 10.4. The zero-order valence-electron chi connectivity index (χ0n) is 8.85. The summed E-state index contributed by atoms with van der Waals surface area (Å²) < 4.78 is 1.60. The molecule has 0 aliphatic heterocycles. The number of aromatic nitrogens is 2. The Labute approximate surface area is 102 Å². The Kier molecular flexibility index (Phi) is 3.19. The molecule has 0 radical (unpaired) electrons. The molecule has 3 nitrogen and oxygen atoms in total. The van der Waals surface area contributed by atoms with Crippen molar-refractivity contribution in [2.45, 2.75) is 12.3 Å². The van der Waals surface area contributed by atoms with Crippen LogP contribution in [0.4, 0.5) is 0 Å². The summed E-state index contributed by atoms with van der Waals surface area (Å²) in [6.45, 7) is 1.71. The molecule has 82 valence electrons. The summed E-state index contributed by atoms with van der Waals surface area (Å²) in [5.74, 6) is 0. The molecule has 0 bridgehead atoms. The van der Waals surface area contributed by atoms with E-state index in [9.17, 15) is 4.79 Å². The maximum atomic E-state index is 11.8. The molecular weight excluding hydrogens is 268 g/mol. The summed E-state index contributed by atoms with van der Waals surface area (Å²) in [7, 11) is 0. The Balaban J connectivity index is 2.51. The highest BCUT2D eigenvalue weighted by Gasteiger charge is 2.01. The number of aryl methyl sites for hydroxylation is 1. The summed E-state index contributed by atoms with van der Waals surface area (Å²) in [6.07, 6.45) is 3.31. The van der Waals surface area contributed by atoms with Gasteiger partial charge in [-0.25, -0.2) is 0 Å². The minimum atomic E-state index is -0.0749. The van der Waals surface area contributed by atoms with Crippen LogP contribution in [0.2, 0.25) is 0 Å². The van der Waals surface area contributed by atoms with Crippen molar-refractivity contribution in [2.24, 2.45) is 0 Å². The van der Waals surface area contributed by atoms with Gasteiger partial charge in [-0.3, -0.25) is 14.3 Å². The van der Waals surface area contributed by atoms with Crippen molar-refractivity contribution in [3.8, 4) is 5.69 Å². The van der Waals surface area contributed by atoms with Crippen molar-refractivity contribution in [3.05, 3.63) is 58.3 Å². The van der Waals surface area contributed by atoms with Crippen LogP contribution in [0.3, 0.4) is 0 Å². The van der Waals surface area contributed by atoms with Gasteiger partial charge in [-0.2, -0.15) is 0 Å². The number of benzene rings is 1. The maximum Gasteiger partial charge on any atom is 0.276 e. The lowest BCUT2D eigenvalue weighted by atomic mass is 10.2. The molecule has 1 aromatic heterocycles. The van der Waals surface area contributed by atoms with Crippen LogP contribution in [-0.4, -0.2) is 9.55 Å². The number of hydrogen-bond donors (Lipinski definition) is 0. The molecule has 16 heavy (non-hydrogen) atoms.